The third-order valence-corrected chi connectivity index (χ3v) is 9.51. The zero-order chi connectivity index (χ0) is 24.3. The third kappa shape index (κ3) is 4.78. The molecule has 0 amide bonds. The molecule has 35 heavy (non-hydrogen) atoms. The fraction of sp³-hybridized carbons (Fsp3) is 0.444. The van der Waals surface area contributed by atoms with E-state index < -0.39 is 11.6 Å². The van der Waals surface area contributed by atoms with Crippen molar-refractivity contribution < 1.29 is 29.0 Å². The molecule has 0 spiro atoms. The van der Waals surface area contributed by atoms with Gasteiger partial charge in [0.1, 0.15) is 5.75 Å². The van der Waals surface area contributed by atoms with Crippen molar-refractivity contribution in [2.75, 3.05) is 26.2 Å². The van der Waals surface area contributed by atoms with Crippen LogP contribution in [0.5, 0.6) is 5.75 Å². The van der Waals surface area contributed by atoms with Crippen LogP contribution in [-0.2, 0) is 21.7 Å². The van der Waals surface area contributed by atoms with E-state index in [9.17, 15) is 15.0 Å². The van der Waals surface area contributed by atoms with Crippen LogP contribution < -0.4 is 4.74 Å². The number of carbonyl (C=O) groups is 1. The molecule has 6 rings (SSSR count). The smallest absolute Gasteiger partial charge is 0.353 e. The van der Waals surface area contributed by atoms with Crippen molar-refractivity contribution in [3.63, 3.8) is 0 Å². The topological polar surface area (TPSA) is 76.0 Å². The summed E-state index contributed by atoms with van der Waals surface area (Å²) in [6.07, 6.45) is 3.68. The molecule has 2 aromatic heterocycles. The van der Waals surface area contributed by atoms with Crippen LogP contribution in [0.1, 0.15) is 41.0 Å². The number of esters is 1. The van der Waals surface area contributed by atoms with Crippen LogP contribution in [0.25, 0.3) is 0 Å². The highest BCUT2D eigenvalue weighted by molar-refractivity contribution is 7.12. The molecule has 1 aromatic carbocycles. The van der Waals surface area contributed by atoms with E-state index in [1.54, 1.807) is 12.1 Å². The van der Waals surface area contributed by atoms with Gasteiger partial charge in [-0.3, -0.25) is 4.48 Å². The number of carbonyl (C=O) groups excluding carboxylic acids is 1. The molecule has 3 fully saturated rings. The molecule has 3 aliphatic heterocycles. The standard InChI is InChI=1S/C27H32NO5S2/c29-19-21-6-1-2-7-22(21)32-15-5-12-28-13-10-20(11-14-28)18-25(28)33-26(30)27(31,23-8-3-16-34-23)24-9-4-17-35-24/h1-4,6-9,16-17,20,25,29,31H,5,10-15,18-19H2/q+1/t20?,25-,28?/m1/s1. The second-order valence-electron chi connectivity index (χ2n) is 9.56. The average Bonchev–Trinajstić information content (AvgIpc) is 3.63. The molecule has 0 saturated carbocycles. The van der Waals surface area contributed by atoms with E-state index in [2.05, 4.69) is 0 Å². The molecule has 3 aromatic rings. The first-order chi connectivity index (χ1) is 17.0. The lowest BCUT2D eigenvalue weighted by molar-refractivity contribution is -0.984. The number of benzene rings is 1. The Morgan fingerprint density at radius 3 is 2.34 bits per heavy atom. The number of quaternary nitrogens is 1. The van der Waals surface area contributed by atoms with Gasteiger partial charge in [0.05, 0.1) is 42.6 Å². The van der Waals surface area contributed by atoms with Crippen molar-refractivity contribution in [3.05, 3.63) is 74.6 Å². The van der Waals surface area contributed by atoms with Gasteiger partial charge in [0.25, 0.3) is 0 Å². The van der Waals surface area contributed by atoms with Gasteiger partial charge in [0.15, 0.2) is 0 Å². The fourth-order valence-corrected chi connectivity index (χ4v) is 7.25. The van der Waals surface area contributed by atoms with Gasteiger partial charge in [0.2, 0.25) is 11.8 Å². The fourth-order valence-electron chi connectivity index (χ4n) is 5.53. The largest absolute Gasteiger partial charge is 0.493 e. The average molecular weight is 515 g/mol. The van der Waals surface area contributed by atoms with Gasteiger partial charge in [-0.15, -0.1) is 22.7 Å². The number of rotatable bonds is 10. The highest BCUT2D eigenvalue weighted by Crippen LogP contribution is 2.42. The van der Waals surface area contributed by atoms with Gasteiger partial charge in [-0.05, 0) is 34.9 Å². The molecule has 0 aliphatic carbocycles. The molecular weight excluding hydrogens is 482 g/mol. The van der Waals surface area contributed by atoms with E-state index in [1.807, 2.05) is 47.2 Å². The predicted octanol–water partition coefficient (Wildman–Crippen LogP) is 4.51. The van der Waals surface area contributed by atoms with E-state index in [4.69, 9.17) is 9.47 Å². The predicted molar refractivity (Wildman–Crippen MR) is 136 cm³/mol. The maximum Gasteiger partial charge on any atom is 0.353 e. The van der Waals surface area contributed by atoms with E-state index in [-0.39, 0.29) is 12.8 Å². The minimum absolute atomic E-state index is 0.0486. The number of thiophene rings is 2. The Balaban J connectivity index is 1.29. The number of aliphatic hydroxyl groups excluding tert-OH is 1. The summed E-state index contributed by atoms with van der Waals surface area (Å²) in [4.78, 5) is 14.8. The zero-order valence-corrected chi connectivity index (χ0v) is 21.3. The first kappa shape index (κ1) is 24.5. The summed E-state index contributed by atoms with van der Waals surface area (Å²) in [6, 6.07) is 14.8. The minimum Gasteiger partial charge on any atom is -0.493 e. The highest BCUT2D eigenvalue weighted by atomic mass is 32.1. The number of hydrogen-bond donors (Lipinski definition) is 2. The monoisotopic (exact) mass is 514 g/mol. The van der Waals surface area contributed by atoms with Crippen LogP contribution in [0.4, 0.5) is 0 Å². The summed E-state index contributed by atoms with van der Waals surface area (Å²) in [5.41, 5.74) is -0.993. The van der Waals surface area contributed by atoms with Crippen LogP contribution in [0.2, 0.25) is 0 Å². The normalized spacial score (nSPS) is 23.8. The second kappa shape index (κ2) is 10.4. The van der Waals surface area contributed by atoms with Crippen molar-refractivity contribution in [1.29, 1.82) is 0 Å². The maximum atomic E-state index is 13.6. The molecule has 1 atom stereocenters. The Morgan fingerprint density at radius 1 is 1.03 bits per heavy atom. The number of aliphatic hydroxyl groups is 2. The summed E-state index contributed by atoms with van der Waals surface area (Å²) in [5, 5.41) is 25.0. The first-order valence-corrected chi connectivity index (χ1v) is 14.0. The van der Waals surface area contributed by atoms with Crippen molar-refractivity contribution in [3.8, 4) is 5.75 Å². The molecule has 8 heteroatoms. The number of piperidine rings is 3. The molecular formula is C27H32NO5S2+. The van der Waals surface area contributed by atoms with Crippen molar-refractivity contribution in [2.45, 2.75) is 44.1 Å². The van der Waals surface area contributed by atoms with Crippen molar-refractivity contribution >= 4 is 28.6 Å². The molecule has 5 heterocycles. The lowest BCUT2D eigenvalue weighted by Gasteiger charge is -2.53. The zero-order valence-electron chi connectivity index (χ0n) is 19.7. The van der Waals surface area contributed by atoms with E-state index in [0.29, 0.717) is 28.0 Å². The quantitative estimate of drug-likeness (QED) is 0.237. The lowest BCUT2D eigenvalue weighted by Crippen LogP contribution is -2.66. The summed E-state index contributed by atoms with van der Waals surface area (Å²) in [7, 11) is 0. The Labute approximate surface area is 214 Å². The number of para-hydroxylation sites is 1. The molecule has 186 valence electrons. The summed E-state index contributed by atoms with van der Waals surface area (Å²) < 4.78 is 12.9. The highest BCUT2D eigenvalue weighted by Gasteiger charge is 2.52. The number of nitrogens with zero attached hydrogens (tertiary/aromatic N) is 1. The van der Waals surface area contributed by atoms with Gasteiger partial charge < -0.3 is 19.7 Å². The molecule has 2 N–H and O–H groups in total. The molecule has 0 unspecified atom stereocenters. The van der Waals surface area contributed by atoms with Crippen LogP contribution in [0, 0.1) is 5.92 Å². The van der Waals surface area contributed by atoms with Crippen molar-refractivity contribution in [2.24, 2.45) is 5.92 Å². The Morgan fingerprint density at radius 2 is 1.71 bits per heavy atom. The summed E-state index contributed by atoms with van der Waals surface area (Å²) >= 11 is 2.73. The first-order valence-electron chi connectivity index (χ1n) is 12.2. The lowest BCUT2D eigenvalue weighted by atomic mass is 9.84. The van der Waals surface area contributed by atoms with Crippen LogP contribution in [-0.4, -0.2) is 53.1 Å². The van der Waals surface area contributed by atoms with E-state index >= 15 is 0 Å². The Bertz CT molecular complexity index is 1070. The van der Waals surface area contributed by atoms with E-state index in [0.717, 1.165) is 55.4 Å². The second-order valence-corrected chi connectivity index (χ2v) is 11.5. The molecule has 3 saturated heterocycles. The molecule has 0 radical (unpaired) electrons. The van der Waals surface area contributed by atoms with Gasteiger partial charge in [-0.25, -0.2) is 4.79 Å². The van der Waals surface area contributed by atoms with Crippen molar-refractivity contribution in [1.82, 2.24) is 0 Å². The van der Waals surface area contributed by atoms with Crippen LogP contribution in [0.3, 0.4) is 0 Å². The Hall–Kier alpha value is -2.23. The Kier molecular flexibility index (Phi) is 7.27. The van der Waals surface area contributed by atoms with Gasteiger partial charge >= 0.3 is 5.97 Å². The number of fused-ring (bicyclic) bond motifs is 3. The van der Waals surface area contributed by atoms with Gasteiger partial charge in [-0.1, -0.05) is 30.3 Å². The van der Waals surface area contributed by atoms with Gasteiger partial charge in [-0.2, -0.15) is 0 Å². The van der Waals surface area contributed by atoms with Crippen LogP contribution in [0.15, 0.2) is 59.3 Å². The molecule has 6 nitrogen and oxygen atoms in total. The van der Waals surface area contributed by atoms with E-state index in [1.165, 1.54) is 22.7 Å². The van der Waals surface area contributed by atoms with Crippen LogP contribution >= 0.6 is 22.7 Å². The number of ether oxygens (including phenoxy) is 2. The minimum atomic E-state index is -1.78. The number of hydrogen-bond acceptors (Lipinski definition) is 7. The third-order valence-electron chi connectivity index (χ3n) is 7.55. The molecule has 2 bridgehead atoms. The molecule has 3 aliphatic rings. The maximum absolute atomic E-state index is 13.6. The SMILES string of the molecule is O=C(O[C@@H]1CC2CC[N+]1(CCCOc1ccccc1CO)CC2)C(O)(c1cccs1)c1cccs1. The van der Waals surface area contributed by atoms with Gasteiger partial charge in [0, 0.05) is 31.2 Å². The summed E-state index contributed by atoms with van der Waals surface area (Å²) in [5.74, 6) is 0.704. The summed E-state index contributed by atoms with van der Waals surface area (Å²) in [6.45, 7) is 3.29.